The van der Waals surface area contributed by atoms with E-state index in [0.717, 1.165) is 37.1 Å². The van der Waals surface area contributed by atoms with Crippen molar-refractivity contribution >= 4 is 21.4 Å². The maximum Gasteiger partial charge on any atom is 0.241 e. The minimum absolute atomic E-state index is 0.0786. The number of hydrogen-bond acceptors (Lipinski definition) is 4. The molecule has 120 valence electrons. The molecule has 1 fully saturated rings. The van der Waals surface area contributed by atoms with Crippen molar-refractivity contribution in [1.29, 1.82) is 0 Å². The summed E-state index contributed by atoms with van der Waals surface area (Å²) in [5.74, 6) is 0. The molecule has 0 saturated heterocycles. The van der Waals surface area contributed by atoms with Gasteiger partial charge in [-0.25, -0.2) is 13.1 Å². The Morgan fingerprint density at radius 2 is 2.00 bits per heavy atom. The van der Waals surface area contributed by atoms with Gasteiger partial charge in [-0.3, -0.25) is 0 Å². The van der Waals surface area contributed by atoms with Crippen LogP contribution in [0, 0.1) is 5.41 Å². The molecule has 0 amide bonds. The summed E-state index contributed by atoms with van der Waals surface area (Å²) in [6, 6.07) is 1.79. The van der Waals surface area contributed by atoms with Gasteiger partial charge in [-0.1, -0.05) is 20.8 Å². The highest BCUT2D eigenvalue weighted by Crippen LogP contribution is 2.35. The molecule has 4 nitrogen and oxygen atoms in total. The summed E-state index contributed by atoms with van der Waals surface area (Å²) in [4.78, 5) is 1.33. The number of thiophene rings is 1. The van der Waals surface area contributed by atoms with Crippen LogP contribution in [0.3, 0.4) is 0 Å². The first-order valence-corrected chi connectivity index (χ1v) is 10.00. The lowest BCUT2D eigenvalue weighted by Gasteiger charge is -2.34. The molecular formula is C15H26N2O2S2. The molecule has 2 rings (SSSR count). The first kappa shape index (κ1) is 16.9. The largest absolute Gasteiger partial charge is 0.312 e. The Hall–Kier alpha value is -0.430. The van der Waals surface area contributed by atoms with Crippen molar-refractivity contribution in [3.8, 4) is 0 Å². The zero-order valence-corrected chi connectivity index (χ0v) is 14.7. The maximum atomic E-state index is 12.6. The molecule has 1 aliphatic rings. The summed E-state index contributed by atoms with van der Waals surface area (Å²) in [5.41, 5.74) is 0.348. The summed E-state index contributed by atoms with van der Waals surface area (Å²) >= 11 is 1.50. The summed E-state index contributed by atoms with van der Waals surface area (Å²) in [5, 5.41) is 5.05. The second-order valence-electron chi connectivity index (χ2n) is 6.55. The van der Waals surface area contributed by atoms with Gasteiger partial charge >= 0.3 is 0 Å². The van der Waals surface area contributed by atoms with Crippen LogP contribution in [0.5, 0.6) is 0 Å². The molecule has 1 aromatic heterocycles. The van der Waals surface area contributed by atoms with Crippen LogP contribution in [0.15, 0.2) is 16.3 Å². The minimum atomic E-state index is -3.39. The van der Waals surface area contributed by atoms with Crippen molar-refractivity contribution < 1.29 is 8.42 Å². The fourth-order valence-corrected chi connectivity index (χ4v) is 5.45. The van der Waals surface area contributed by atoms with Crippen LogP contribution in [0.25, 0.3) is 0 Å². The van der Waals surface area contributed by atoms with E-state index in [2.05, 4.69) is 23.9 Å². The van der Waals surface area contributed by atoms with Crippen molar-refractivity contribution in [2.24, 2.45) is 5.41 Å². The summed E-state index contributed by atoms with van der Waals surface area (Å²) in [6.07, 6.45) is 4.01. The highest BCUT2D eigenvalue weighted by Gasteiger charge is 2.30. The van der Waals surface area contributed by atoms with Crippen LogP contribution in [-0.2, 0) is 16.6 Å². The van der Waals surface area contributed by atoms with E-state index >= 15 is 0 Å². The Kier molecular flexibility index (Phi) is 5.46. The Balaban J connectivity index is 2.04. The molecule has 0 atom stereocenters. The maximum absolute atomic E-state index is 12.6. The normalized spacial score (nSPS) is 19.8. The van der Waals surface area contributed by atoms with Gasteiger partial charge in [-0.15, -0.1) is 11.3 Å². The molecule has 0 bridgehead atoms. The van der Waals surface area contributed by atoms with Crippen LogP contribution in [0.4, 0.5) is 0 Å². The van der Waals surface area contributed by atoms with E-state index in [4.69, 9.17) is 0 Å². The van der Waals surface area contributed by atoms with Gasteiger partial charge in [0, 0.05) is 17.5 Å². The van der Waals surface area contributed by atoms with Crippen molar-refractivity contribution in [1.82, 2.24) is 10.0 Å². The Labute approximate surface area is 132 Å². The highest BCUT2D eigenvalue weighted by molar-refractivity contribution is 7.89. The van der Waals surface area contributed by atoms with Crippen molar-refractivity contribution in [3.05, 3.63) is 16.3 Å². The Morgan fingerprint density at radius 3 is 2.62 bits per heavy atom. The molecular weight excluding hydrogens is 304 g/mol. The highest BCUT2D eigenvalue weighted by atomic mass is 32.2. The number of nitrogens with one attached hydrogen (secondary N) is 2. The number of hydrogen-bond donors (Lipinski definition) is 2. The van der Waals surface area contributed by atoms with Gasteiger partial charge in [0.05, 0.1) is 4.90 Å². The average molecular weight is 331 g/mol. The molecule has 0 unspecified atom stereocenters. The van der Waals surface area contributed by atoms with Crippen LogP contribution >= 0.6 is 11.3 Å². The van der Waals surface area contributed by atoms with Crippen LogP contribution in [0.2, 0.25) is 0 Å². The number of sulfonamides is 1. The van der Waals surface area contributed by atoms with Crippen molar-refractivity contribution in [2.75, 3.05) is 6.54 Å². The zero-order chi connectivity index (χ0) is 15.5. The third kappa shape index (κ3) is 4.52. The van der Waals surface area contributed by atoms with E-state index in [1.807, 2.05) is 12.3 Å². The molecule has 0 aromatic carbocycles. The summed E-state index contributed by atoms with van der Waals surface area (Å²) in [6.45, 7) is 7.98. The lowest BCUT2D eigenvalue weighted by Crippen LogP contribution is -2.39. The third-order valence-electron chi connectivity index (χ3n) is 4.19. The minimum Gasteiger partial charge on any atom is -0.312 e. The predicted octanol–water partition coefficient (Wildman–Crippen LogP) is 3.10. The first-order chi connectivity index (χ1) is 9.84. The standard InChI is InChI=1S/C15H26N2O2S2/c1-4-16-11-13-14(7-10-20-13)21(18,19)17-12-5-8-15(2,3)9-6-12/h7,10,12,16-17H,4-6,8-9,11H2,1-3H3. The molecule has 6 heteroatoms. The lowest BCUT2D eigenvalue weighted by atomic mass is 9.76. The van der Waals surface area contributed by atoms with Gasteiger partial charge in [0.1, 0.15) is 0 Å². The van der Waals surface area contributed by atoms with E-state index in [1.54, 1.807) is 6.07 Å². The quantitative estimate of drug-likeness (QED) is 0.842. The molecule has 21 heavy (non-hydrogen) atoms. The molecule has 1 aliphatic carbocycles. The molecule has 0 radical (unpaired) electrons. The van der Waals surface area contributed by atoms with Gasteiger partial charge in [0.2, 0.25) is 10.0 Å². The van der Waals surface area contributed by atoms with Crippen LogP contribution < -0.4 is 10.0 Å². The Bertz CT molecular complexity index is 554. The van der Waals surface area contributed by atoms with E-state index in [-0.39, 0.29) is 6.04 Å². The summed E-state index contributed by atoms with van der Waals surface area (Å²) < 4.78 is 28.1. The second-order valence-corrected chi connectivity index (χ2v) is 9.23. The van der Waals surface area contributed by atoms with E-state index in [1.165, 1.54) is 11.3 Å². The van der Waals surface area contributed by atoms with E-state index < -0.39 is 10.0 Å². The zero-order valence-electron chi connectivity index (χ0n) is 13.1. The van der Waals surface area contributed by atoms with Crippen molar-refractivity contribution in [3.63, 3.8) is 0 Å². The van der Waals surface area contributed by atoms with Gasteiger partial charge in [0.15, 0.2) is 0 Å². The monoisotopic (exact) mass is 330 g/mol. The smallest absolute Gasteiger partial charge is 0.241 e. The van der Waals surface area contributed by atoms with E-state index in [0.29, 0.717) is 16.9 Å². The predicted molar refractivity (Wildman–Crippen MR) is 88.1 cm³/mol. The molecule has 1 heterocycles. The van der Waals surface area contributed by atoms with Gasteiger partial charge < -0.3 is 5.32 Å². The fraction of sp³-hybridized carbons (Fsp3) is 0.733. The summed E-state index contributed by atoms with van der Waals surface area (Å²) in [7, 11) is -3.39. The average Bonchev–Trinajstić information content (AvgIpc) is 2.88. The molecule has 1 saturated carbocycles. The van der Waals surface area contributed by atoms with Crippen LogP contribution in [0.1, 0.15) is 51.3 Å². The SMILES string of the molecule is CCNCc1sccc1S(=O)(=O)NC1CCC(C)(C)CC1. The fourth-order valence-electron chi connectivity index (χ4n) is 2.74. The third-order valence-corrected chi connectivity index (χ3v) is 6.85. The van der Waals surface area contributed by atoms with E-state index in [9.17, 15) is 8.42 Å². The van der Waals surface area contributed by atoms with Gasteiger partial charge in [0.25, 0.3) is 0 Å². The van der Waals surface area contributed by atoms with Gasteiger partial charge in [-0.05, 0) is 49.1 Å². The molecule has 2 N–H and O–H groups in total. The van der Waals surface area contributed by atoms with Gasteiger partial charge in [-0.2, -0.15) is 0 Å². The van der Waals surface area contributed by atoms with Crippen LogP contribution in [-0.4, -0.2) is 21.0 Å². The first-order valence-electron chi connectivity index (χ1n) is 7.63. The van der Waals surface area contributed by atoms with Crippen molar-refractivity contribution in [2.45, 2.75) is 63.9 Å². The molecule has 0 spiro atoms. The topological polar surface area (TPSA) is 58.2 Å². The lowest BCUT2D eigenvalue weighted by molar-refractivity contribution is 0.218. The molecule has 1 aromatic rings. The second kappa shape index (κ2) is 6.77. The molecule has 0 aliphatic heterocycles. The Morgan fingerprint density at radius 1 is 1.33 bits per heavy atom. The number of rotatable bonds is 6.